The largest absolute Gasteiger partial charge is 0.493 e. The molecule has 0 spiro atoms. The van der Waals surface area contributed by atoms with Crippen LogP contribution in [0.15, 0.2) is 12.1 Å². The van der Waals surface area contributed by atoms with E-state index in [0.29, 0.717) is 29.4 Å². The molecule has 2 aliphatic rings. The number of fused-ring (bicyclic) bond motifs is 1. The van der Waals surface area contributed by atoms with E-state index in [1.807, 2.05) is 0 Å². The Morgan fingerprint density at radius 3 is 2.00 bits per heavy atom. The van der Waals surface area contributed by atoms with Gasteiger partial charge in [-0.1, -0.05) is 0 Å². The van der Waals surface area contributed by atoms with Gasteiger partial charge in [0.05, 0.1) is 41.6 Å². The van der Waals surface area contributed by atoms with Crippen LogP contribution in [0.25, 0.3) is 0 Å². The molecule has 2 heterocycles. The van der Waals surface area contributed by atoms with Gasteiger partial charge in [0.1, 0.15) is 0 Å². The fourth-order valence-corrected chi connectivity index (χ4v) is 4.25. The number of carbonyl (C=O) groups excluding carboxylic acids is 3. The van der Waals surface area contributed by atoms with Crippen LogP contribution in [0.3, 0.4) is 0 Å². The highest BCUT2D eigenvalue weighted by molar-refractivity contribution is 6.01. The zero-order chi connectivity index (χ0) is 22.1. The lowest BCUT2D eigenvalue weighted by atomic mass is 9.77. The van der Waals surface area contributed by atoms with Crippen molar-refractivity contribution in [2.24, 2.45) is 5.41 Å². The summed E-state index contributed by atoms with van der Waals surface area (Å²) in [6.07, 6.45) is 0.270. The van der Waals surface area contributed by atoms with Crippen LogP contribution >= 0.6 is 0 Å². The molecular formula is C20H26N2O8. The number of hydrogen-bond acceptors (Lipinski definition) is 9. The van der Waals surface area contributed by atoms with Crippen LogP contribution in [-0.4, -0.2) is 76.5 Å². The van der Waals surface area contributed by atoms with Crippen molar-refractivity contribution >= 4 is 17.8 Å². The van der Waals surface area contributed by atoms with Crippen LogP contribution in [0.4, 0.5) is 0 Å². The van der Waals surface area contributed by atoms with Crippen molar-refractivity contribution in [3.05, 3.63) is 17.7 Å². The second-order valence-corrected chi connectivity index (χ2v) is 7.12. The standard InChI is InChI=1S/C20H26N2O8/c1-26-14-8-12(9-15(27-2)17(14)28-3)13-10-20(18(24)29-4,19(25)30-5)11-21-7-6-16(23)22(13)21/h8-9,13H,6-7,10-11H2,1-5H3. The lowest BCUT2D eigenvalue weighted by Crippen LogP contribution is -2.59. The number of esters is 2. The van der Waals surface area contributed by atoms with Crippen LogP contribution in [0, 0.1) is 5.41 Å². The molecule has 2 aliphatic heterocycles. The fraction of sp³-hybridized carbons (Fsp3) is 0.550. The van der Waals surface area contributed by atoms with Crippen LogP contribution in [0.2, 0.25) is 0 Å². The van der Waals surface area contributed by atoms with Gasteiger partial charge in [-0.05, 0) is 17.7 Å². The molecule has 0 saturated carbocycles. The Labute approximate surface area is 174 Å². The molecule has 1 unspecified atom stereocenters. The number of carbonyl (C=O) groups is 3. The summed E-state index contributed by atoms with van der Waals surface area (Å²) in [4.78, 5) is 38.2. The number of amides is 1. The predicted octanol–water partition coefficient (Wildman–Crippen LogP) is 0.939. The van der Waals surface area contributed by atoms with E-state index in [2.05, 4.69) is 0 Å². The molecule has 10 nitrogen and oxygen atoms in total. The Morgan fingerprint density at radius 2 is 1.53 bits per heavy atom. The Kier molecular flexibility index (Phi) is 6.06. The molecule has 0 N–H and O–H groups in total. The van der Waals surface area contributed by atoms with Gasteiger partial charge >= 0.3 is 11.9 Å². The molecule has 1 aromatic carbocycles. The van der Waals surface area contributed by atoms with Crippen LogP contribution in [0.1, 0.15) is 24.4 Å². The quantitative estimate of drug-likeness (QED) is 0.489. The molecule has 0 aliphatic carbocycles. The van der Waals surface area contributed by atoms with Crippen molar-refractivity contribution in [1.82, 2.24) is 10.0 Å². The smallest absolute Gasteiger partial charge is 0.324 e. The third kappa shape index (κ3) is 3.30. The van der Waals surface area contributed by atoms with E-state index in [0.717, 1.165) is 0 Å². The summed E-state index contributed by atoms with van der Waals surface area (Å²) >= 11 is 0. The molecule has 0 aromatic heterocycles. The number of methoxy groups -OCH3 is 5. The first-order valence-corrected chi connectivity index (χ1v) is 9.40. The molecule has 10 heteroatoms. The maximum Gasteiger partial charge on any atom is 0.324 e. The second-order valence-electron chi connectivity index (χ2n) is 7.12. The minimum absolute atomic E-state index is 0.000981. The van der Waals surface area contributed by atoms with Crippen LogP contribution < -0.4 is 14.2 Å². The van der Waals surface area contributed by atoms with Gasteiger partial charge in [0, 0.05) is 25.9 Å². The second kappa shape index (κ2) is 8.39. The lowest BCUT2D eigenvalue weighted by Gasteiger charge is -2.47. The van der Waals surface area contributed by atoms with E-state index >= 15 is 0 Å². The van der Waals surface area contributed by atoms with Gasteiger partial charge in [-0.2, -0.15) is 0 Å². The van der Waals surface area contributed by atoms with Gasteiger partial charge in [0.15, 0.2) is 16.9 Å². The Bertz CT molecular complexity index is 814. The highest BCUT2D eigenvalue weighted by atomic mass is 16.5. The molecule has 30 heavy (non-hydrogen) atoms. The number of rotatable bonds is 6. The molecule has 164 valence electrons. The minimum atomic E-state index is -1.57. The first-order chi connectivity index (χ1) is 14.4. The van der Waals surface area contributed by atoms with Crippen LogP contribution in [0.5, 0.6) is 17.2 Å². The predicted molar refractivity (Wildman–Crippen MR) is 103 cm³/mol. The van der Waals surface area contributed by atoms with Gasteiger partial charge in [0.25, 0.3) is 0 Å². The monoisotopic (exact) mass is 422 g/mol. The summed E-state index contributed by atoms with van der Waals surface area (Å²) in [6, 6.07) is 2.78. The summed E-state index contributed by atoms with van der Waals surface area (Å²) in [5.41, 5.74) is -0.947. The van der Waals surface area contributed by atoms with Gasteiger partial charge in [-0.3, -0.25) is 19.4 Å². The summed E-state index contributed by atoms with van der Waals surface area (Å²) in [5, 5.41) is 3.29. The third-order valence-corrected chi connectivity index (χ3v) is 5.66. The number of nitrogens with zero attached hydrogens (tertiary/aromatic N) is 2. The van der Waals surface area contributed by atoms with Gasteiger partial charge in [-0.15, -0.1) is 0 Å². The van der Waals surface area contributed by atoms with Crippen molar-refractivity contribution in [3.8, 4) is 17.2 Å². The summed E-state index contributed by atoms with van der Waals surface area (Å²) < 4.78 is 26.2. The van der Waals surface area contributed by atoms with Crippen molar-refractivity contribution in [3.63, 3.8) is 0 Å². The van der Waals surface area contributed by atoms with Gasteiger partial charge < -0.3 is 23.7 Å². The molecule has 0 bridgehead atoms. The van der Waals surface area contributed by atoms with Crippen LogP contribution in [-0.2, 0) is 23.9 Å². The average molecular weight is 422 g/mol. The number of benzene rings is 1. The maximum atomic E-state index is 12.8. The molecule has 1 atom stereocenters. The van der Waals surface area contributed by atoms with Gasteiger partial charge in [-0.25, -0.2) is 5.01 Å². The number of hydrogen-bond donors (Lipinski definition) is 0. The Hall–Kier alpha value is -3.01. The van der Waals surface area contributed by atoms with Crippen molar-refractivity contribution in [1.29, 1.82) is 0 Å². The molecule has 1 aromatic rings. The maximum absolute atomic E-state index is 12.8. The zero-order valence-corrected chi connectivity index (χ0v) is 17.7. The Morgan fingerprint density at radius 1 is 0.967 bits per heavy atom. The number of ether oxygens (including phenoxy) is 5. The lowest BCUT2D eigenvalue weighted by molar-refractivity contribution is -0.190. The summed E-state index contributed by atoms with van der Waals surface area (Å²) in [5.74, 6) is -0.306. The zero-order valence-electron chi connectivity index (χ0n) is 17.7. The first-order valence-electron chi connectivity index (χ1n) is 9.40. The minimum Gasteiger partial charge on any atom is -0.493 e. The van der Waals surface area contributed by atoms with E-state index < -0.39 is 23.4 Å². The van der Waals surface area contributed by atoms with Crippen molar-refractivity contribution in [2.75, 3.05) is 48.6 Å². The first kappa shape index (κ1) is 21.7. The topological polar surface area (TPSA) is 104 Å². The SMILES string of the molecule is COC(=O)C1(C(=O)OC)CC(c2cc(OC)c(OC)c(OC)c2)N2C(=O)CCN2C1. The third-order valence-electron chi connectivity index (χ3n) is 5.66. The van der Waals surface area contributed by atoms with E-state index in [1.54, 1.807) is 22.2 Å². The molecule has 2 saturated heterocycles. The van der Waals surface area contributed by atoms with Crippen molar-refractivity contribution in [2.45, 2.75) is 18.9 Å². The molecule has 0 radical (unpaired) electrons. The molecule has 3 rings (SSSR count). The molecule has 2 fully saturated rings. The highest BCUT2D eigenvalue weighted by Crippen LogP contribution is 2.48. The molecule has 1 amide bonds. The van der Waals surface area contributed by atoms with E-state index in [9.17, 15) is 14.4 Å². The number of hydrazine groups is 1. The van der Waals surface area contributed by atoms with E-state index in [4.69, 9.17) is 23.7 Å². The average Bonchev–Trinajstić information content (AvgIpc) is 3.16. The van der Waals surface area contributed by atoms with Gasteiger partial charge in [0.2, 0.25) is 11.7 Å². The molecular weight excluding hydrogens is 396 g/mol. The highest BCUT2D eigenvalue weighted by Gasteiger charge is 2.58. The summed E-state index contributed by atoms with van der Waals surface area (Å²) in [6.45, 7) is 0.383. The van der Waals surface area contributed by atoms with E-state index in [-0.39, 0.29) is 25.3 Å². The normalized spacial score (nSPS) is 20.4. The van der Waals surface area contributed by atoms with Crippen molar-refractivity contribution < 1.29 is 38.1 Å². The summed E-state index contributed by atoms with van der Waals surface area (Å²) in [7, 11) is 6.92. The van der Waals surface area contributed by atoms with E-state index in [1.165, 1.54) is 35.5 Å². The Balaban J connectivity index is 2.16. The fourth-order valence-electron chi connectivity index (χ4n) is 4.25.